The largest absolute Gasteiger partial charge is 0.505 e. The van der Waals surface area contributed by atoms with Gasteiger partial charge in [-0.2, -0.15) is 60.3 Å². The van der Waals surface area contributed by atoms with Crippen LogP contribution in [0.4, 0.5) is 56.9 Å². The Kier molecular flexibility index (Phi) is 21.8. The van der Waals surface area contributed by atoms with Gasteiger partial charge >= 0.3 is 11.7 Å². The van der Waals surface area contributed by atoms with Crippen LogP contribution in [0, 0.1) is 10.1 Å². The molecule has 44 nitrogen and oxygen atoms in total. The Balaban J connectivity index is 1.25. The second kappa shape index (κ2) is 28.7. The molecule has 0 fully saturated rings. The van der Waals surface area contributed by atoms with E-state index in [1.807, 2.05) is 0 Å². The number of nitrogens with two attached hydrogens (primary N) is 1. The third kappa shape index (κ3) is 16.6. The first kappa shape index (κ1) is 74.5. The zero-order valence-electron chi connectivity index (χ0n) is 46.8. The summed E-state index contributed by atoms with van der Waals surface area (Å²) in [6, 6.07) is 9.06. The van der Waals surface area contributed by atoms with Crippen LogP contribution >= 0.6 is 35.7 Å². The van der Waals surface area contributed by atoms with E-state index in [1.165, 1.54) is 0 Å². The van der Waals surface area contributed by atoms with Gasteiger partial charge in [0.2, 0.25) is 17.3 Å². The molecule has 0 unspecified atom stereocenters. The SMILES string of the molecule is Nc1c(N=Nc2ccc3c(O)c(N=Nc4cc(/N=N/c5c(C(=O)O)nn(-c6ccc(S(=O)(=O)O)cc6)c5O)c(S(=O)(=O)O)cc4Cl)c(S(=O)(=O)O)cc3c2S(=O)(=O)O)cc(S(=O)(=O)O)c2cc(SOOO)c(N=Nc3cc(SOOO)cc([N+](=O)[O-])c3OCCCS(=O)(=O)O)c(O)c12. The molecule has 14 N–H and O–H groups in total. The van der Waals surface area contributed by atoms with Crippen molar-refractivity contribution in [3.8, 4) is 28.8 Å². The first-order chi connectivity index (χ1) is 45.5. The van der Waals surface area contributed by atoms with Crippen LogP contribution in [0.2, 0.25) is 5.02 Å². The van der Waals surface area contributed by atoms with Crippen LogP contribution in [0.3, 0.4) is 0 Å². The molecule has 8 rings (SSSR count). The van der Waals surface area contributed by atoms with Crippen LogP contribution in [-0.4, -0.2) is 142 Å². The molecule has 0 amide bonds. The second-order valence-electron chi connectivity index (χ2n) is 18.5. The van der Waals surface area contributed by atoms with Crippen molar-refractivity contribution in [1.29, 1.82) is 0 Å². The minimum Gasteiger partial charge on any atom is -0.505 e. The predicted molar refractivity (Wildman–Crippen MR) is 326 cm³/mol. The summed E-state index contributed by atoms with van der Waals surface area (Å²) in [5.41, 5.74) is -4.47. The molecule has 0 aliphatic rings. The Labute approximate surface area is 557 Å². The third-order valence-electron chi connectivity index (χ3n) is 12.4. The van der Waals surface area contributed by atoms with Crippen molar-refractivity contribution >= 4 is 181 Å². The number of nitrogens with zero attached hydrogens (tertiary/aromatic N) is 11. The third-order valence-corrected chi connectivity index (χ3v) is 19.1. The number of phenols is 2. The van der Waals surface area contributed by atoms with Crippen molar-refractivity contribution in [3.05, 3.63) is 99.7 Å². The van der Waals surface area contributed by atoms with E-state index in [0.29, 0.717) is 28.9 Å². The van der Waals surface area contributed by atoms with E-state index in [1.54, 1.807) is 0 Å². The summed E-state index contributed by atoms with van der Waals surface area (Å²) in [7, 11) is -31.9. The minimum absolute atomic E-state index is 0.0618. The molecule has 7 aromatic carbocycles. The lowest BCUT2D eigenvalue weighted by atomic mass is 10.0. The van der Waals surface area contributed by atoms with Crippen molar-refractivity contribution in [2.75, 3.05) is 18.1 Å². The van der Waals surface area contributed by atoms with E-state index in [4.69, 9.17) is 37.1 Å². The lowest BCUT2D eigenvalue weighted by Crippen LogP contribution is -2.09. The first-order valence-corrected chi connectivity index (χ1v) is 35.4. The summed E-state index contributed by atoms with van der Waals surface area (Å²) >= 11 is 6.32. The highest BCUT2D eigenvalue weighted by Crippen LogP contribution is 2.52. The Hall–Kier alpha value is -9.25. The lowest BCUT2D eigenvalue weighted by Gasteiger charge is -2.15. The zero-order chi connectivity index (χ0) is 72.5. The Morgan fingerprint density at radius 1 is 0.602 bits per heavy atom. The number of hydrogen-bond acceptors (Lipinski definition) is 37. The van der Waals surface area contributed by atoms with Gasteiger partial charge in [0, 0.05) is 27.1 Å². The summed E-state index contributed by atoms with van der Waals surface area (Å²) in [6.07, 6.45) is -0.484. The molecule has 0 bridgehead atoms. The van der Waals surface area contributed by atoms with Gasteiger partial charge < -0.3 is 30.9 Å². The number of ether oxygens (including phenoxy) is 1. The zero-order valence-corrected chi connectivity index (χ0v) is 54.1. The summed E-state index contributed by atoms with van der Waals surface area (Å²) in [4.78, 5) is 16.4. The van der Waals surface area contributed by atoms with Crippen molar-refractivity contribution in [3.63, 3.8) is 0 Å². The fourth-order valence-electron chi connectivity index (χ4n) is 8.38. The number of nitro groups is 1. The first-order valence-electron chi connectivity index (χ1n) is 24.7. The van der Waals surface area contributed by atoms with Gasteiger partial charge in [-0.15, -0.1) is 49.6 Å². The number of nitro benzene ring substituents is 1. The van der Waals surface area contributed by atoms with Gasteiger partial charge in [0.05, 0.1) is 72.9 Å². The number of hydrogen-bond donors (Lipinski definition) is 13. The predicted octanol–water partition coefficient (Wildman–Crippen LogP) is 9.55. The van der Waals surface area contributed by atoms with Crippen LogP contribution in [-0.2, 0) is 79.5 Å². The molecule has 0 radical (unpaired) electrons. The van der Waals surface area contributed by atoms with E-state index < -0.39 is 232 Å². The number of nitrogen functional groups attached to an aromatic ring is 1. The number of anilines is 1. The minimum atomic E-state index is -5.82. The van der Waals surface area contributed by atoms with Gasteiger partial charge in [-0.25, -0.2) is 15.3 Å². The molecule has 0 saturated heterocycles. The summed E-state index contributed by atoms with van der Waals surface area (Å²) in [5.74, 6) is -7.41. The number of aromatic hydroxyl groups is 3. The van der Waals surface area contributed by atoms with Gasteiger partial charge in [-0.05, 0) is 79.2 Å². The molecule has 0 aliphatic carbocycles. The molecule has 1 aromatic heterocycles. The molecule has 1 heterocycles. The number of carboxylic acids is 1. The van der Waals surface area contributed by atoms with Gasteiger partial charge in [-0.3, -0.25) is 37.4 Å². The summed E-state index contributed by atoms with van der Waals surface area (Å²) in [6.45, 7) is -0.669. The number of phenolic OH excluding ortho intramolecular Hbond substituents is 2. The maximum Gasteiger partial charge on any atom is 0.358 e. The fourth-order valence-corrected chi connectivity index (χ4v) is 13.3. The molecule has 0 spiro atoms. The highest BCUT2D eigenvalue weighted by Gasteiger charge is 2.32. The van der Waals surface area contributed by atoms with Crippen LogP contribution in [0.25, 0.3) is 27.2 Å². The number of azo groups is 4. The number of halogens is 1. The number of aromatic nitrogens is 2. The quantitative estimate of drug-likeness (QED) is 0.00333. The number of benzene rings is 7. The van der Waals surface area contributed by atoms with Crippen LogP contribution < -0.4 is 10.5 Å². The van der Waals surface area contributed by atoms with E-state index in [0.717, 1.165) is 48.5 Å². The van der Waals surface area contributed by atoms with Crippen molar-refractivity contribution in [2.24, 2.45) is 40.9 Å². The molecule has 53 heteroatoms. The topological polar surface area (TPSA) is 697 Å². The maximum atomic E-state index is 13.3. The van der Waals surface area contributed by atoms with Crippen LogP contribution in [0.1, 0.15) is 16.9 Å². The average molecular weight is 1550 g/mol. The molecule has 0 atom stereocenters. The molecule has 0 saturated carbocycles. The van der Waals surface area contributed by atoms with Crippen LogP contribution in [0.5, 0.6) is 23.1 Å². The molecule has 98 heavy (non-hydrogen) atoms. The fraction of sp³-hybridized carbons (Fsp3) is 0.0667. The number of aromatic carboxylic acids is 1. The van der Waals surface area contributed by atoms with Crippen molar-refractivity contribution in [1.82, 2.24) is 9.78 Å². The van der Waals surface area contributed by atoms with E-state index in [9.17, 15) is 109 Å². The Morgan fingerprint density at radius 3 is 1.77 bits per heavy atom. The smallest absolute Gasteiger partial charge is 0.358 e. The molecule has 520 valence electrons. The average Bonchev–Trinajstić information content (AvgIpc) is 0.917. The van der Waals surface area contributed by atoms with E-state index >= 15 is 0 Å². The summed E-state index contributed by atoms with van der Waals surface area (Å²) in [5, 5.41) is 110. The highest BCUT2D eigenvalue weighted by molar-refractivity contribution is 7.95. The Morgan fingerprint density at radius 2 is 1.18 bits per heavy atom. The van der Waals surface area contributed by atoms with Crippen molar-refractivity contribution < 1.29 is 142 Å². The van der Waals surface area contributed by atoms with E-state index in [-0.39, 0.29) is 40.7 Å². The molecule has 0 aliphatic heterocycles. The number of carbonyl (C=O) groups is 1. The number of carboxylic acid groups (broad SMARTS) is 1. The standard InChI is InChI=1S/C45H33ClN12O32S8/c46-23-14-32(96(77,78)79)26(50-55-38-39(45(62)63)56-57(44(38)61)17-2-4-19(5-3-17)94(71,72)73)15-25(23)49-54-37-33(97(80,81)82)13-21-20(40(37)59)6-7-24(43(21)98(83,84)85)48-51-27-16-31(95(74,75)76)22-12-30(92-90-88-67)36(41(60)34(22)35(27)47)53-52-28-10-18(91-89-87-66)11-29(58(64)65)42(28)86-8-1-9-93(68,69)70/h2-7,10-16,59-61,66-67H,1,8-9,47H2,(H,62,63)(H,68,69,70)(H,71,72,73)(H,74,75,76)(H,77,78,79)(H,80,81,82)(H,83,84,85)/b51-48?,53-52?,54-49?,55-50+. The number of rotatable bonds is 27. The van der Waals surface area contributed by atoms with Gasteiger partial charge in [0.25, 0.3) is 60.7 Å². The highest BCUT2D eigenvalue weighted by atomic mass is 35.5. The Bertz CT molecular complexity index is 5510. The normalized spacial score (nSPS) is 12.9. The monoisotopic (exact) mass is 1540 g/mol. The van der Waals surface area contributed by atoms with Gasteiger partial charge in [0.15, 0.2) is 17.2 Å². The van der Waals surface area contributed by atoms with Gasteiger partial charge in [-0.1, -0.05) is 21.7 Å². The van der Waals surface area contributed by atoms with E-state index in [2.05, 4.69) is 64.8 Å². The molecular weight excluding hydrogens is 1510 g/mol. The molecule has 8 aromatic rings. The second-order valence-corrected chi connectivity index (χ2v) is 29.0. The lowest BCUT2D eigenvalue weighted by molar-refractivity contribution is -0.432. The summed E-state index contributed by atoms with van der Waals surface area (Å²) < 4.78 is 225. The molecular formula is C45H33ClN12O32S8. The van der Waals surface area contributed by atoms with Gasteiger partial charge in [0.1, 0.15) is 59.4 Å². The number of fused-ring (bicyclic) bond motifs is 2. The van der Waals surface area contributed by atoms with Crippen molar-refractivity contribution in [2.45, 2.75) is 40.7 Å². The maximum absolute atomic E-state index is 13.3. The van der Waals surface area contributed by atoms with Crippen LogP contribution in [0.15, 0.2) is 154 Å².